The van der Waals surface area contributed by atoms with E-state index in [0.29, 0.717) is 49.4 Å². The van der Waals surface area contributed by atoms with Crippen molar-refractivity contribution in [2.75, 3.05) is 35.7 Å². The molecule has 9 atom stereocenters. The van der Waals surface area contributed by atoms with Crippen LogP contribution in [0.25, 0.3) is 0 Å². The summed E-state index contributed by atoms with van der Waals surface area (Å²) < 4.78 is 28.7. The number of anilines is 2. The fourth-order valence-corrected chi connectivity index (χ4v) is 8.59. The molecular weight excluding hydrogens is 1010 g/mol. The molecule has 0 saturated carbocycles. The Balaban J connectivity index is 0.967. The monoisotopic (exact) mass is 1080 g/mol. The Kier molecular flexibility index (Phi) is 23.1. The molecule has 73 heavy (non-hydrogen) atoms. The number of amides is 6. The summed E-state index contributed by atoms with van der Waals surface area (Å²) in [7, 11) is 0. The summed E-state index contributed by atoms with van der Waals surface area (Å²) in [4.78, 5) is 85.0. The second-order valence-electron chi connectivity index (χ2n) is 18.8. The third-order valence-corrected chi connectivity index (χ3v) is 13.1. The number of esters is 1. The van der Waals surface area contributed by atoms with E-state index in [1.54, 1.807) is 55.5 Å². The molecule has 0 radical (unpaired) electrons. The summed E-state index contributed by atoms with van der Waals surface area (Å²) in [5, 5.41) is 28.1. The number of epoxide rings is 1. The minimum Gasteiger partial charge on any atom is -0.459 e. The summed E-state index contributed by atoms with van der Waals surface area (Å²) in [6.07, 6.45) is 9.51. The summed E-state index contributed by atoms with van der Waals surface area (Å²) in [5.41, 5.74) is 2.71. The number of ether oxygens (including phenoxy) is 5. The minimum absolute atomic E-state index is 0.0163. The van der Waals surface area contributed by atoms with Gasteiger partial charge < -0.3 is 55.4 Å². The number of benzene rings is 2. The van der Waals surface area contributed by atoms with Crippen LogP contribution in [0, 0.1) is 5.92 Å². The Bertz CT molecular complexity index is 2290. The molecule has 3 saturated heterocycles. The molecule has 5 rings (SSSR count). The molecule has 3 heterocycles. The average molecular weight is 1080 g/mol. The highest BCUT2D eigenvalue weighted by Gasteiger charge is 2.58. The van der Waals surface area contributed by atoms with E-state index in [1.807, 2.05) is 26.0 Å². The Morgan fingerprint density at radius 2 is 1.55 bits per heavy atom. The first-order valence-electron chi connectivity index (χ1n) is 24.8. The molecule has 0 aliphatic carbocycles. The number of aliphatic hydroxyl groups excluding tert-OH is 1. The van der Waals surface area contributed by atoms with Crippen molar-refractivity contribution < 1.29 is 62.4 Å². The molecule has 3 aliphatic rings. The molecule has 1 unspecified atom stereocenters. The number of hydrogen-bond donors (Lipinski definition) is 7. The summed E-state index contributed by atoms with van der Waals surface area (Å²) in [6, 6.07) is 13.5. The third kappa shape index (κ3) is 20.5. The first kappa shape index (κ1) is 58.0. The van der Waals surface area contributed by atoms with Crippen molar-refractivity contribution in [3.63, 3.8) is 0 Å². The molecule has 3 aliphatic heterocycles. The Morgan fingerprint density at radius 3 is 2.23 bits per heavy atom. The van der Waals surface area contributed by atoms with E-state index >= 15 is 0 Å². The lowest BCUT2D eigenvalue weighted by atomic mass is 9.87. The van der Waals surface area contributed by atoms with Crippen LogP contribution in [-0.4, -0.2) is 120 Å². The first-order chi connectivity index (χ1) is 34.9. The standard InChI is InChI=1S/C53H71BrN6O13/c1-33(10-21-44-34(2)25-43(36(4)72-44)60-47(63)23-12-35(3)71-37(5)61)11-22-45-51(67)53(32-70-53)27-42(73-45)26-48(64)56-29-38-13-17-41(18-14-38)59-52(68)69-31-39-15-19-40(20-16-39)58-50(66)30-57-46(62)9-7-6-8-24-55-49(65)28-54/h10-20,22-23,34-36,42-45,51,67H,6-9,21,24-32H2,1-5H3,(H,55,65)(H,56,64)(H,57,62)(H,58,66)(H,59,68)(H,60,63)/b22-11+,23-12?,33-10+/t34-,35?,36+,42+,43+,44-,45+,51+,53+/m0/s1. The molecule has 398 valence electrons. The maximum Gasteiger partial charge on any atom is 0.411 e. The van der Waals surface area contributed by atoms with Crippen molar-refractivity contribution in [1.82, 2.24) is 21.3 Å². The maximum atomic E-state index is 13.1. The molecule has 0 aromatic heterocycles. The van der Waals surface area contributed by atoms with Gasteiger partial charge in [-0.1, -0.05) is 77.3 Å². The van der Waals surface area contributed by atoms with Crippen molar-refractivity contribution in [3.05, 3.63) is 95.6 Å². The van der Waals surface area contributed by atoms with Gasteiger partial charge in [0.1, 0.15) is 30.5 Å². The van der Waals surface area contributed by atoms with Crippen molar-refractivity contribution in [3.8, 4) is 0 Å². The average Bonchev–Trinajstić information content (AvgIpc) is 4.13. The largest absolute Gasteiger partial charge is 0.459 e. The predicted molar refractivity (Wildman–Crippen MR) is 276 cm³/mol. The van der Waals surface area contributed by atoms with E-state index in [9.17, 15) is 38.7 Å². The second kappa shape index (κ2) is 29.1. The van der Waals surface area contributed by atoms with Crippen LogP contribution in [0.5, 0.6) is 0 Å². The zero-order valence-corrected chi connectivity index (χ0v) is 43.8. The van der Waals surface area contributed by atoms with Crippen LogP contribution in [0.4, 0.5) is 16.2 Å². The van der Waals surface area contributed by atoms with E-state index < -0.39 is 42.1 Å². The molecule has 3 fully saturated rings. The normalized spacial score (nSPS) is 24.0. The molecule has 19 nitrogen and oxygen atoms in total. The van der Waals surface area contributed by atoms with Gasteiger partial charge in [0.2, 0.25) is 29.5 Å². The first-order valence-corrected chi connectivity index (χ1v) is 25.9. The number of nitrogens with one attached hydrogen (secondary N) is 6. The smallest absolute Gasteiger partial charge is 0.411 e. The lowest BCUT2D eigenvalue weighted by molar-refractivity contribution is -0.145. The number of unbranched alkanes of at least 4 members (excludes halogenated alkanes) is 2. The Hall–Kier alpha value is -5.93. The van der Waals surface area contributed by atoms with Crippen molar-refractivity contribution in [1.29, 1.82) is 0 Å². The number of halogens is 1. The van der Waals surface area contributed by atoms with Gasteiger partial charge in [0.15, 0.2) is 0 Å². The van der Waals surface area contributed by atoms with Crippen LogP contribution < -0.4 is 31.9 Å². The predicted octanol–water partition coefficient (Wildman–Crippen LogP) is 5.55. The fraction of sp³-hybridized carbons (Fsp3) is 0.528. The molecule has 2 aromatic rings. The molecule has 6 amide bonds. The van der Waals surface area contributed by atoms with E-state index in [4.69, 9.17) is 23.7 Å². The number of allylic oxidation sites excluding steroid dienone is 2. The number of rotatable bonds is 25. The van der Waals surface area contributed by atoms with Gasteiger partial charge >= 0.3 is 12.1 Å². The molecule has 20 heteroatoms. The van der Waals surface area contributed by atoms with Gasteiger partial charge in [0, 0.05) is 50.3 Å². The topological polar surface area (TPSA) is 261 Å². The lowest BCUT2D eigenvalue weighted by Crippen LogP contribution is -2.50. The molecule has 0 bridgehead atoms. The van der Waals surface area contributed by atoms with Crippen molar-refractivity contribution in [2.45, 2.75) is 147 Å². The zero-order chi connectivity index (χ0) is 52.9. The van der Waals surface area contributed by atoms with Gasteiger partial charge in [-0.2, -0.15) is 0 Å². The van der Waals surface area contributed by atoms with Crippen LogP contribution in [0.1, 0.15) is 97.1 Å². The quantitative estimate of drug-likeness (QED) is 0.0161. The second-order valence-corrected chi connectivity index (χ2v) is 19.4. The number of hydrogen-bond acceptors (Lipinski definition) is 13. The summed E-state index contributed by atoms with van der Waals surface area (Å²) in [6.45, 7) is 9.99. The molecule has 2 aromatic carbocycles. The SMILES string of the molecule is CC(=O)OC(C)C=CC(=O)N[C@@H]1C[C@H](C)[C@H](C/C=C(C)/C=C/[C@H]2O[C@H](CC(=O)NCc3ccc(NC(=O)OCc4ccc(NC(=O)CNC(=O)CCCCCNC(=O)CBr)cc4)cc3)C[C@@]3(CO3)[C@@H]2O)O[C@@H]1C. The van der Waals surface area contributed by atoms with Gasteiger partial charge in [-0.15, -0.1) is 0 Å². The number of carbonyl (C=O) groups excluding carboxylic acids is 7. The van der Waals surface area contributed by atoms with Crippen LogP contribution in [0.3, 0.4) is 0 Å². The highest BCUT2D eigenvalue weighted by Crippen LogP contribution is 2.43. The zero-order valence-electron chi connectivity index (χ0n) is 42.2. The summed E-state index contributed by atoms with van der Waals surface area (Å²) in [5.74, 6) is -1.44. The number of alkyl halides is 1. The van der Waals surface area contributed by atoms with Gasteiger partial charge in [-0.3, -0.25) is 34.1 Å². The van der Waals surface area contributed by atoms with Crippen LogP contribution >= 0.6 is 15.9 Å². The minimum atomic E-state index is -0.892. The van der Waals surface area contributed by atoms with Crippen LogP contribution in [0.15, 0.2) is 84.5 Å². The van der Waals surface area contributed by atoms with Crippen LogP contribution in [0.2, 0.25) is 0 Å². The Labute approximate surface area is 435 Å². The van der Waals surface area contributed by atoms with Gasteiger partial charge in [0.25, 0.3) is 0 Å². The van der Waals surface area contributed by atoms with E-state index in [0.717, 1.165) is 30.4 Å². The van der Waals surface area contributed by atoms with Gasteiger partial charge in [-0.05, 0) is 93.8 Å². The highest BCUT2D eigenvalue weighted by atomic mass is 79.9. The maximum absolute atomic E-state index is 13.1. The van der Waals surface area contributed by atoms with E-state index in [2.05, 4.69) is 60.8 Å². The van der Waals surface area contributed by atoms with E-state index in [1.165, 1.54) is 19.1 Å². The fourth-order valence-electron chi connectivity index (χ4n) is 8.39. The van der Waals surface area contributed by atoms with Crippen molar-refractivity contribution >= 4 is 68.9 Å². The van der Waals surface area contributed by atoms with Crippen molar-refractivity contribution in [2.24, 2.45) is 5.92 Å². The summed E-state index contributed by atoms with van der Waals surface area (Å²) >= 11 is 3.09. The van der Waals surface area contributed by atoms with Gasteiger partial charge in [0.05, 0.1) is 49.3 Å². The lowest BCUT2D eigenvalue weighted by Gasteiger charge is -2.39. The van der Waals surface area contributed by atoms with Gasteiger partial charge in [-0.25, -0.2) is 4.79 Å². The molecule has 1 spiro atoms. The number of aliphatic hydroxyl groups is 1. The van der Waals surface area contributed by atoms with E-state index in [-0.39, 0.29) is 91.6 Å². The molecule has 7 N–H and O–H groups in total. The Morgan fingerprint density at radius 1 is 0.849 bits per heavy atom. The highest BCUT2D eigenvalue weighted by molar-refractivity contribution is 9.09. The third-order valence-electron chi connectivity index (χ3n) is 12.6. The molecular formula is C53H71BrN6O13. The number of carbonyl (C=O) groups is 7. The van der Waals surface area contributed by atoms with Crippen LogP contribution in [-0.2, 0) is 65.6 Å².